The van der Waals surface area contributed by atoms with Gasteiger partial charge in [-0.1, -0.05) is 11.2 Å². The quantitative estimate of drug-likeness (QED) is 0.875. The SMILES string of the molecule is Cc1noc(C)c1S(=O)(=O)N1CCC(NC(=O)c2cccc(F)c2)CC1. The number of amides is 1. The van der Waals surface area contributed by atoms with Gasteiger partial charge in [-0.05, 0) is 44.9 Å². The molecule has 0 saturated carbocycles. The molecule has 9 heteroatoms. The van der Waals surface area contributed by atoms with Crippen LogP contribution in [0.1, 0.15) is 34.7 Å². The first-order valence-corrected chi connectivity index (χ1v) is 9.72. The average molecular weight is 381 g/mol. The Morgan fingerprint density at radius 1 is 1.31 bits per heavy atom. The summed E-state index contributed by atoms with van der Waals surface area (Å²) in [6.45, 7) is 3.72. The number of carbonyl (C=O) groups is 1. The van der Waals surface area contributed by atoms with Crippen LogP contribution in [0.2, 0.25) is 0 Å². The Morgan fingerprint density at radius 2 is 2.00 bits per heavy atom. The number of piperidine rings is 1. The minimum atomic E-state index is -3.67. The van der Waals surface area contributed by atoms with E-state index in [2.05, 4.69) is 10.5 Å². The highest BCUT2D eigenvalue weighted by molar-refractivity contribution is 7.89. The standard InChI is InChI=1S/C17H20FN3O4S/c1-11-16(12(2)25-20-11)26(23,24)21-8-6-15(7-9-21)19-17(22)13-4-3-5-14(18)10-13/h3-5,10,15H,6-9H2,1-2H3,(H,19,22). The molecule has 1 fully saturated rings. The van der Waals surface area contributed by atoms with Crippen molar-refractivity contribution in [3.63, 3.8) is 0 Å². The molecule has 1 N–H and O–H groups in total. The van der Waals surface area contributed by atoms with Gasteiger partial charge in [-0.3, -0.25) is 4.79 Å². The second-order valence-corrected chi connectivity index (χ2v) is 8.19. The molecule has 0 aliphatic carbocycles. The molecule has 1 aliphatic rings. The molecule has 2 heterocycles. The lowest BCUT2D eigenvalue weighted by molar-refractivity contribution is 0.0923. The van der Waals surface area contributed by atoms with E-state index < -0.39 is 15.8 Å². The lowest BCUT2D eigenvalue weighted by atomic mass is 10.1. The summed E-state index contributed by atoms with van der Waals surface area (Å²) in [4.78, 5) is 12.3. The van der Waals surface area contributed by atoms with Gasteiger partial charge >= 0.3 is 0 Å². The van der Waals surface area contributed by atoms with Gasteiger partial charge in [0.25, 0.3) is 5.91 Å². The fourth-order valence-corrected chi connectivity index (χ4v) is 4.87. The maximum absolute atomic E-state index is 13.2. The number of hydrogen-bond donors (Lipinski definition) is 1. The minimum Gasteiger partial charge on any atom is -0.360 e. The van der Waals surface area contributed by atoms with Gasteiger partial charge in [0.05, 0.1) is 0 Å². The second kappa shape index (κ2) is 7.16. The van der Waals surface area contributed by atoms with Crippen molar-refractivity contribution >= 4 is 15.9 Å². The highest BCUT2D eigenvalue weighted by Crippen LogP contribution is 2.26. The summed E-state index contributed by atoms with van der Waals surface area (Å²) < 4.78 is 45.1. The molecule has 0 unspecified atom stereocenters. The number of benzene rings is 1. The van der Waals surface area contributed by atoms with Crippen molar-refractivity contribution in [3.8, 4) is 0 Å². The molecule has 1 amide bonds. The average Bonchev–Trinajstić information content (AvgIpc) is 2.94. The van der Waals surface area contributed by atoms with Gasteiger partial charge in [0.15, 0.2) is 5.76 Å². The fraction of sp³-hybridized carbons (Fsp3) is 0.412. The molecule has 1 aliphatic heterocycles. The number of aryl methyl sites for hydroxylation is 2. The van der Waals surface area contributed by atoms with Crippen LogP contribution in [0.25, 0.3) is 0 Å². The van der Waals surface area contributed by atoms with Gasteiger partial charge in [0.1, 0.15) is 16.4 Å². The number of rotatable bonds is 4. The Bertz CT molecular complexity index is 898. The molecule has 140 valence electrons. The van der Waals surface area contributed by atoms with E-state index in [4.69, 9.17) is 4.52 Å². The van der Waals surface area contributed by atoms with Crippen LogP contribution in [0.3, 0.4) is 0 Å². The van der Waals surface area contributed by atoms with Crippen molar-refractivity contribution in [3.05, 3.63) is 47.1 Å². The van der Waals surface area contributed by atoms with Crippen molar-refractivity contribution in [2.75, 3.05) is 13.1 Å². The first kappa shape index (κ1) is 18.5. The number of sulfonamides is 1. The third-order valence-corrected chi connectivity index (χ3v) is 6.59. The largest absolute Gasteiger partial charge is 0.360 e. The van der Waals surface area contributed by atoms with Gasteiger partial charge in [0, 0.05) is 24.7 Å². The molecule has 2 aromatic rings. The minimum absolute atomic E-state index is 0.111. The summed E-state index contributed by atoms with van der Waals surface area (Å²) >= 11 is 0. The molecule has 0 radical (unpaired) electrons. The summed E-state index contributed by atoms with van der Waals surface area (Å²) in [6, 6.07) is 5.29. The molecule has 7 nitrogen and oxygen atoms in total. The normalized spacial score (nSPS) is 16.6. The van der Waals surface area contributed by atoms with Crippen LogP contribution in [-0.4, -0.2) is 42.9 Å². The van der Waals surface area contributed by atoms with Crippen LogP contribution in [0, 0.1) is 19.7 Å². The topological polar surface area (TPSA) is 92.5 Å². The summed E-state index contributed by atoms with van der Waals surface area (Å²) in [6.07, 6.45) is 0.952. The van der Waals surface area contributed by atoms with E-state index in [0.717, 1.165) is 0 Å². The predicted molar refractivity (Wildman–Crippen MR) is 91.6 cm³/mol. The summed E-state index contributed by atoms with van der Waals surface area (Å²) in [5.41, 5.74) is 0.583. The van der Waals surface area contributed by atoms with Crippen molar-refractivity contribution in [1.29, 1.82) is 0 Å². The van der Waals surface area contributed by atoms with E-state index in [-0.39, 0.29) is 41.3 Å². The molecule has 1 saturated heterocycles. The predicted octanol–water partition coefficient (Wildman–Crippen LogP) is 2.01. The smallest absolute Gasteiger partial charge is 0.251 e. The van der Waals surface area contributed by atoms with Gasteiger partial charge in [-0.25, -0.2) is 12.8 Å². The second-order valence-electron chi connectivity index (χ2n) is 6.32. The van der Waals surface area contributed by atoms with E-state index in [1.54, 1.807) is 13.8 Å². The molecular formula is C17H20FN3O4S. The van der Waals surface area contributed by atoms with Gasteiger partial charge in [0.2, 0.25) is 10.0 Å². The van der Waals surface area contributed by atoms with Crippen LogP contribution in [0.5, 0.6) is 0 Å². The maximum Gasteiger partial charge on any atom is 0.251 e. The lowest BCUT2D eigenvalue weighted by Crippen LogP contribution is -2.46. The summed E-state index contributed by atoms with van der Waals surface area (Å²) in [7, 11) is -3.67. The van der Waals surface area contributed by atoms with Crippen LogP contribution in [0.15, 0.2) is 33.7 Å². The highest BCUT2D eigenvalue weighted by Gasteiger charge is 2.34. The molecule has 0 atom stereocenters. The zero-order valence-corrected chi connectivity index (χ0v) is 15.3. The third-order valence-electron chi connectivity index (χ3n) is 4.44. The van der Waals surface area contributed by atoms with Crippen LogP contribution in [-0.2, 0) is 10.0 Å². The Labute approximate surface area is 151 Å². The van der Waals surface area contributed by atoms with E-state index in [1.165, 1.54) is 28.6 Å². The number of nitrogens with zero attached hydrogens (tertiary/aromatic N) is 2. The highest BCUT2D eigenvalue weighted by atomic mass is 32.2. The number of nitrogens with one attached hydrogen (secondary N) is 1. The van der Waals surface area contributed by atoms with Gasteiger partial charge in [-0.2, -0.15) is 4.31 Å². The number of halogens is 1. The molecule has 1 aromatic heterocycles. The molecule has 3 rings (SSSR count). The van der Waals surface area contributed by atoms with Crippen LogP contribution in [0.4, 0.5) is 4.39 Å². The van der Waals surface area contributed by atoms with Crippen molar-refractivity contribution in [2.24, 2.45) is 0 Å². The summed E-state index contributed by atoms with van der Waals surface area (Å²) in [5, 5.41) is 6.54. The molecular weight excluding hydrogens is 361 g/mol. The Kier molecular flexibility index (Phi) is 5.10. The van der Waals surface area contributed by atoms with E-state index in [0.29, 0.717) is 18.5 Å². The van der Waals surface area contributed by atoms with Gasteiger partial charge in [-0.15, -0.1) is 0 Å². The molecule has 0 spiro atoms. The summed E-state index contributed by atoms with van der Waals surface area (Å²) in [5.74, 6) is -0.571. The van der Waals surface area contributed by atoms with Gasteiger partial charge < -0.3 is 9.84 Å². The van der Waals surface area contributed by atoms with E-state index in [9.17, 15) is 17.6 Å². The van der Waals surface area contributed by atoms with Crippen molar-refractivity contribution in [2.45, 2.75) is 37.6 Å². The molecule has 1 aromatic carbocycles. The monoisotopic (exact) mass is 381 g/mol. The van der Waals surface area contributed by atoms with Crippen LogP contribution >= 0.6 is 0 Å². The fourth-order valence-electron chi connectivity index (χ4n) is 3.11. The Balaban J connectivity index is 1.63. The Hall–Kier alpha value is -2.26. The van der Waals surface area contributed by atoms with E-state index in [1.807, 2.05) is 0 Å². The van der Waals surface area contributed by atoms with Crippen molar-refractivity contribution in [1.82, 2.24) is 14.8 Å². The molecule has 26 heavy (non-hydrogen) atoms. The lowest BCUT2D eigenvalue weighted by Gasteiger charge is -2.31. The first-order valence-electron chi connectivity index (χ1n) is 8.28. The number of hydrogen-bond acceptors (Lipinski definition) is 5. The Morgan fingerprint density at radius 3 is 2.58 bits per heavy atom. The van der Waals surface area contributed by atoms with Crippen molar-refractivity contribution < 1.29 is 22.1 Å². The zero-order chi connectivity index (χ0) is 18.9. The van der Waals surface area contributed by atoms with E-state index >= 15 is 0 Å². The number of aromatic nitrogens is 1. The number of carbonyl (C=O) groups excluding carboxylic acids is 1. The first-order chi connectivity index (χ1) is 12.3. The molecule has 0 bridgehead atoms. The van der Waals surface area contributed by atoms with Crippen LogP contribution < -0.4 is 5.32 Å². The third kappa shape index (κ3) is 3.63. The zero-order valence-electron chi connectivity index (χ0n) is 14.5. The maximum atomic E-state index is 13.2.